The maximum atomic E-state index is 12.5. The molecule has 31 heavy (non-hydrogen) atoms. The molecule has 0 saturated carbocycles. The molecule has 0 spiro atoms. The normalized spacial score (nSPS) is 11.0. The number of furan rings is 1. The summed E-state index contributed by atoms with van der Waals surface area (Å²) >= 11 is 5.33. The summed E-state index contributed by atoms with van der Waals surface area (Å²) in [6.45, 7) is 1.94. The first kappa shape index (κ1) is 19.0. The molecule has 0 radical (unpaired) electrons. The van der Waals surface area contributed by atoms with Crippen molar-refractivity contribution in [2.45, 2.75) is 6.92 Å². The number of carbonyl (C=O) groups excluding carboxylic acids is 1. The lowest BCUT2D eigenvalue weighted by molar-refractivity contribution is 0.0953. The number of rotatable bonds is 3. The molecule has 8 heteroatoms. The molecule has 2 heterocycles. The van der Waals surface area contributed by atoms with Gasteiger partial charge in [-0.1, -0.05) is 36.4 Å². The van der Waals surface area contributed by atoms with Crippen molar-refractivity contribution in [3.05, 3.63) is 84.1 Å². The summed E-state index contributed by atoms with van der Waals surface area (Å²) in [5.74, 6) is -0.217. The van der Waals surface area contributed by atoms with Crippen LogP contribution in [0.5, 0.6) is 0 Å². The standard InChI is InChI=1S/C23H17N5O2S/c1-14-11-18-19(27-28(26-18)16-8-3-2-4-9-16)13-17(14)24-23(31)25-22(29)21-12-15-7-5-6-10-20(15)30-21/h2-13H,1H3,(H2,24,25,29,31). The number of aromatic nitrogens is 3. The van der Waals surface area contributed by atoms with E-state index in [0.717, 1.165) is 27.8 Å². The summed E-state index contributed by atoms with van der Waals surface area (Å²) in [7, 11) is 0. The van der Waals surface area contributed by atoms with Crippen molar-refractivity contribution in [1.29, 1.82) is 0 Å². The minimum Gasteiger partial charge on any atom is -0.451 e. The summed E-state index contributed by atoms with van der Waals surface area (Å²) in [5.41, 5.74) is 4.66. The van der Waals surface area contributed by atoms with Crippen LogP contribution < -0.4 is 10.6 Å². The molecule has 3 aromatic carbocycles. The predicted octanol–water partition coefficient (Wildman–Crippen LogP) is 4.60. The molecule has 0 atom stereocenters. The van der Waals surface area contributed by atoms with Gasteiger partial charge in [0.2, 0.25) is 0 Å². The molecule has 152 valence electrons. The Balaban J connectivity index is 1.34. The lowest BCUT2D eigenvalue weighted by Gasteiger charge is -2.10. The Kier molecular flexibility index (Phi) is 4.68. The number of nitrogens with one attached hydrogen (secondary N) is 2. The van der Waals surface area contributed by atoms with Gasteiger partial charge in [0.1, 0.15) is 16.6 Å². The Morgan fingerprint density at radius 1 is 0.968 bits per heavy atom. The van der Waals surface area contributed by atoms with E-state index in [2.05, 4.69) is 20.8 Å². The van der Waals surface area contributed by atoms with Gasteiger partial charge < -0.3 is 9.73 Å². The summed E-state index contributed by atoms with van der Waals surface area (Å²) < 4.78 is 5.59. The van der Waals surface area contributed by atoms with Gasteiger partial charge in [0.15, 0.2) is 10.9 Å². The number of hydrogen-bond donors (Lipinski definition) is 2. The average Bonchev–Trinajstić information content (AvgIpc) is 3.38. The van der Waals surface area contributed by atoms with Crippen molar-refractivity contribution in [2.75, 3.05) is 5.32 Å². The first-order valence-electron chi connectivity index (χ1n) is 9.61. The molecule has 2 aromatic heterocycles. The predicted molar refractivity (Wildman–Crippen MR) is 124 cm³/mol. The molecule has 0 fully saturated rings. The molecule has 1 amide bonds. The number of benzene rings is 3. The smallest absolute Gasteiger partial charge is 0.293 e. The first-order chi connectivity index (χ1) is 15.1. The maximum Gasteiger partial charge on any atom is 0.293 e. The fourth-order valence-electron chi connectivity index (χ4n) is 3.29. The van der Waals surface area contributed by atoms with Crippen LogP contribution in [-0.4, -0.2) is 26.0 Å². The molecule has 2 N–H and O–H groups in total. The number of anilines is 1. The quantitative estimate of drug-likeness (QED) is 0.409. The van der Waals surface area contributed by atoms with Crippen LogP contribution in [0.25, 0.3) is 27.7 Å². The van der Waals surface area contributed by atoms with Gasteiger partial charge >= 0.3 is 0 Å². The van der Waals surface area contributed by atoms with Crippen molar-refractivity contribution in [2.24, 2.45) is 0 Å². The van der Waals surface area contributed by atoms with Crippen LogP contribution in [0.3, 0.4) is 0 Å². The van der Waals surface area contributed by atoms with Gasteiger partial charge in [0.05, 0.1) is 5.69 Å². The zero-order valence-electron chi connectivity index (χ0n) is 16.5. The Morgan fingerprint density at radius 3 is 2.45 bits per heavy atom. The van der Waals surface area contributed by atoms with Crippen molar-refractivity contribution in [3.8, 4) is 5.69 Å². The SMILES string of the molecule is Cc1cc2nn(-c3ccccc3)nc2cc1NC(=S)NC(=O)c1cc2ccccc2o1. The van der Waals surface area contributed by atoms with Crippen molar-refractivity contribution >= 4 is 50.9 Å². The van der Waals surface area contributed by atoms with Gasteiger partial charge in [-0.3, -0.25) is 10.1 Å². The van der Waals surface area contributed by atoms with Crippen LogP contribution >= 0.6 is 12.2 Å². The van der Waals surface area contributed by atoms with E-state index in [1.807, 2.05) is 73.7 Å². The summed E-state index contributed by atoms with van der Waals surface area (Å²) in [5, 5.41) is 15.8. The summed E-state index contributed by atoms with van der Waals surface area (Å²) in [6, 6.07) is 22.6. The molecule has 0 saturated heterocycles. The minimum absolute atomic E-state index is 0.170. The van der Waals surface area contributed by atoms with Crippen LogP contribution in [0, 0.1) is 6.92 Å². The number of aryl methyl sites for hydroxylation is 1. The molecule has 0 bridgehead atoms. The Hall–Kier alpha value is -4.04. The highest BCUT2D eigenvalue weighted by atomic mass is 32.1. The van der Waals surface area contributed by atoms with E-state index in [0.29, 0.717) is 11.1 Å². The Morgan fingerprint density at radius 2 is 1.68 bits per heavy atom. The third kappa shape index (κ3) is 3.76. The van der Waals surface area contributed by atoms with Crippen LogP contribution in [-0.2, 0) is 0 Å². The van der Waals surface area contributed by atoms with Gasteiger partial charge in [-0.05, 0) is 61.1 Å². The molecule has 7 nitrogen and oxygen atoms in total. The van der Waals surface area contributed by atoms with Gasteiger partial charge in [-0.15, -0.1) is 10.2 Å². The van der Waals surface area contributed by atoms with Crippen LogP contribution in [0.2, 0.25) is 0 Å². The molecule has 5 aromatic rings. The first-order valence-corrected chi connectivity index (χ1v) is 10.0. The van der Waals surface area contributed by atoms with Gasteiger partial charge in [0, 0.05) is 11.1 Å². The second kappa shape index (κ2) is 7.66. The van der Waals surface area contributed by atoms with Gasteiger partial charge in [-0.25, -0.2) is 0 Å². The second-order valence-corrected chi connectivity index (χ2v) is 7.45. The molecule has 0 aliphatic carbocycles. The zero-order chi connectivity index (χ0) is 21.4. The van der Waals surface area contributed by atoms with Crippen molar-refractivity contribution < 1.29 is 9.21 Å². The average molecular weight is 427 g/mol. The number of nitrogens with zero attached hydrogens (tertiary/aromatic N) is 3. The number of hydrogen-bond acceptors (Lipinski definition) is 5. The monoisotopic (exact) mass is 427 g/mol. The molecule has 0 aliphatic heterocycles. The van der Waals surface area contributed by atoms with Gasteiger partial charge in [-0.2, -0.15) is 4.80 Å². The highest BCUT2D eigenvalue weighted by Gasteiger charge is 2.15. The van der Waals surface area contributed by atoms with E-state index in [-0.39, 0.29) is 10.9 Å². The van der Waals surface area contributed by atoms with Crippen LogP contribution in [0.15, 0.2) is 77.2 Å². The van der Waals surface area contributed by atoms with E-state index in [9.17, 15) is 4.79 Å². The Labute approximate surface area is 182 Å². The Bertz CT molecular complexity index is 1410. The number of para-hydroxylation sites is 2. The summed E-state index contributed by atoms with van der Waals surface area (Å²) in [6.07, 6.45) is 0. The van der Waals surface area contributed by atoms with E-state index in [1.54, 1.807) is 10.9 Å². The molecule has 5 rings (SSSR count). The van der Waals surface area contributed by atoms with Gasteiger partial charge in [0.25, 0.3) is 5.91 Å². The fraction of sp³-hybridized carbons (Fsp3) is 0.0435. The number of fused-ring (bicyclic) bond motifs is 2. The fourth-order valence-corrected chi connectivity index (χ4v) is 3.49. The third-order valence-corrected chi connectivity index (χ3v) is 5.04. The molecular formula is C23H17N5O2S. The summed E-state index contributed by atoms with van der Waals surface area (Å²) in [4.78, 5) is 14.1. The topological polar surface area (TPSA) is 85.0 Å². The number of thiocarbonyl (C=S) groups is 1. The number of amides is 1. The highest BCUT2D eigenvalue weighted by molar-refractivity contribution is 7.80. The second-order valence-electron chi connectivity index (χ2n) is 7.04. The maximum absolute atomic E-state index is 12.5. The molecule has 0 aliphatic rings. The van der Waals surface area contributed by atoms with Crippen molar-refractivity contribution in [1.82, 2.24) is 20.3 Å². The minimum atomic E-state index is -0.414. The van der Waals surface area contributed by atoms with Crippen LogP contribution in [0.1, 0.15) is 16.1 Å². The third-order valence-electron chi connectivity index (χ3n) is 4.84. The highest BCUT2D eigenvalue weighted by Crippen LogP contribution is 2.22. The van der Waals surface area contributed by atoms with E-state index >= 15 is 0 Å². The van der Waals surface area contributed by atoms with Crippen molar-refractivity contribution in [3.63, 3.8) is 0 Å². The van der Waals surface area contributed by atoms with E-state index < -0.39 is 5.91 Å². The lowest BCUT2D eigenvalue weighted by Crippen LogP contribution is -2.34. The van der Waals surface area contributed by atoms with Crippen LogP contribution in [0.4, 0.5) is 5.69 Å². The lowest BCUT2D eigenvalue weighted by atomic mass is 10.2. The molecular weight excluding hydrogens is 410 g/mol. The largest absolute Gasteiger partial charge is 0.451 e. The zero-order valence-corrected chi connectivity index (χ0v) is 17.3. The number of carbonyl (C=O) groups is 1. The van der Waals surface area contributed by atoms with E-state index in [1.165, 1.54) is 0 Å². The van der Waals surface area contributed by atoms with E-state index in [4.69, 9.17) is 16.6 Å². The molecule has 0 unspecified atom stereocenters.